The third kappa shape index (κ3) is 1.65. The van der Waals surface area contributed by atoms with Gasteiger partial charge in [-0.3, -0.25) is 4.98 Å². The average molecular weight is 265 g/mol. The number of nitrogens with one attached hydrogen (secondary N) is 1. The van der Waals surface area contributed by atoms with Crippen LogP contribution in [-0.2, 0) is 0 Å². The Morgan fingerprint density at radius 1 is 1.39 bits per heavy atom. The highest BCUT2D eigenvalue weighted by Crippen LogP contribution is 2.63. The Kier molecular flexibility index (Phi) is 2.64. The van der Waals surface area contributed by atoms with Crippen molar-refractivity contribution in [2.75, 3.05) is 5.32 Å². The van der Waals surface area contributed by atoms with Gasteiger partial charge in [-0.25, -0.2) is 0 Å². The SMILES string of the molecule is CC12CCC(C1)C(C)(C)C2Nc1cnccc1Cl. The highest BCUT2D eigenvalue weighted by molar-refractivity contribution is 6.33. The topological polar surface area (TPSA) is 24.9 Å². The van der Waals surface area contributed by atoms with Crippen molar-refractivity contribution in [3.8, 4) is 0 Å². The number of hydrogen-bond donors (Lipinski definition) is 1. The second kappa shape index (κ2) is 3.86. The lowest BCUT2D eigenvalue weighted by atomic mass is 9.68. The zero-order valence-electron chi connectivity index (χ0n) is 11.3. The number of hydrogen-bond acceptors (Lipinski definition) is 2. The predicted octanol–water partition coefficient (Wildman–Crippen LogP) is 4.36. The molecule has 0 saturated heterocycles. The molecular weight excluding hydrogens is 244 g/mol. The van der Waals surface area contributed by atoms with Gasteiger partial charge >= 0.3 is 0 Å². The largest absolute Gasteiger partial charge is 0.379 e. The van der Waals surface area contributed by atoms with Crippen LogP contribution in [0, 0.1) is 16.7 Å². The zero-order chi connectivity index (χ0) is 13.0. The molecule has 3 atom stereocenters. The van der Waals surface area contributed by atoms with Gasteiger partial charge in [0.15, 0.2) is 0 Å². The summed E-state index contributed by atoms with van der Waals surface area (Å²) in [6, 6.07) is 2.34. The molecular formula is C15H21ClN2. The predicted molar refractivity (Wildman–Crippen MR) is 75.9 cm³/mol. The van der Waals surface area contributed by atoms with Crippen LogP contribution in [0.1, 0.15) is 40.0 Å². The molecule has 1 heterocycles. The summed E-state index contributed by atoms with van der Waals surface area (Å²) in [5.41, 5.74) is 1.73. The average Bonchev–Trinajstić information content (AvgIpc) is 2.78. The zero-order valence-corrected chi connectivity index (χ0v) is 12.1. The molecule has 0 aliphatic heterocycles. The highest BCUT2D eigenvalue weighted by atomic mass is 35.5. The summed E-state index contributed by atoms with van der Waals surface area (Å²) < 4.78 is 0. The van der Waals surface area contributed by atoms with Crippen LogP contribution in [0.5, 0.6) is 0 Å². The van der Waals surface area contributed by atoms with Gasteiger partial charge < -0.3 is 5.32 Å². The second-order valence-electron chi connectivity index (χ2n) is 6.85. The van der Waals surface area contributed by atoms with Crippen molar-refractivity contribution in [1.29, 1.82) is 0 Å². The number of nitrogens with zero attached hydrogens (tertiary/aromatic N) is 1. The van der Waals surface area contributed by atoms with Crippen LogP contribution in [0.4, 0.5) is 5.69 Å². The van der Waals surface area contributed by atoms with E-state index in [1.54, 1.807) is 6.20 Å². The van der Waals surface area contributed by atoms with E-state index in [0.717, 1.165) is 16.6 Å². The van der Waals surface area contributed by atoms with Crippen LogP contribution in [0.25, 0.3) is 0 Å². The number of halogens is 1. The van der Waals surface area contributed by atoms with E-state index in [4.69, 9.17) is 11.6 Å². The summed E-state index contributed by atoms with van der Waals surface area (Å²) in [5.74, 6) is 0.843. The molecule has 2 nitrogen and oxygen atoms in total. The highest BCUT2D eigenvalue weighted by Gasteiger charge is 2.59. The quantitative estimate of drug-likeness (QED) is 0.858. The van der Waals surface area contributed by atoms with Crippen molar-refractivity contribution in [1.82, 2.24) is 4.98 Å². The van der Waals surface area contributed by atoms with E-state index in [1.165, 1.54) is 19.3 Å². The monoisotopic (exact) mass is 264 g/mol. The molecule has 1 N–H and O–H groups in total. The molecule has 0 amide bonds. The van der Waals surface area contributed by atoms with E-state index in [-0.39, 0.29) is 0 Å². The smallest absolute Gasteiger partial charge is 0.0718 e. The van der Waals surface area contributed by atoms with Crippen molar-refractivity contribution < 1.29 is 0 Å². The minimum Gasteiger partial charge on any atom is -0.379 e. The fourth-order valence-corrected chi connectivity index (χ4v) is 4.46. The molecule has 2 aliphatic carbocycles. The van der Waals surface area contributed by atoms with E-state index in [2.05, 4.69) is 31.1 Å². The first-order valence-electron chi connectivity index (χ1n) is 6.79. The van der Waals surface area contributed by atoms with E-state index >= 15 is 0 Å². The van der Waals surface area contributed by atoms with Crippen LogP contribution in [-0.4, -0.2) is 11.0 Å². The van der Waals surface area contributed by atoms with Crippen molar-refractivity contribution in [3.63, 3.8) is 0 Å². The van der Waals surface area contributed by atoms with Gasteiger partial charge in [-0.15, -0.1) is 0 Å². The molecule has 18 heavy (non-hydrogen) atoms. The molecule has 3 heteroatoms. The maximum atomic E-state index is 6.24. The lowest BCUT2D eigenvalue weighted by molar-refractivity contribution is 0.155. The Morgan fingerprint density at radius 3 is 2.78 bits per heavy atom. The van der Waals surface area contributed by atoms with Gasteiger partial charge in [0.05, 0.1) is 16.9 Å². The van der Waals surface area contributed by atoms with Crippen LogP contribution < -0.4 is 5.32 Å². The summed E-state index contributed by atoms with van der Waals surface area (Å²) in [6.07, 6.45) is 7.63. The lowest BCUT2D eigenvalue weighted by Crippen LogP contribution is -2.45. The van der Waals surface area contributed by atoms with Crippen LogP contribution >= 0.6 is 11.6 Å². The van der Waals surface area contributed by atoms with Crippen molar-refractivity contribution >= 4 is 17.3 Å². The summed E-state index contributed by atoms with van der Waals surface area (Å²) in [4.78, 5) is 4.17. The normalized spacial score (nSPS) is 36.9. The second-order valence-corrected chi connectivity index (χ2v) is 7.26. The van der Waals surface area contributed by atoms with E-state index < -0.39 is 0 Å². The van der Waals surface area contributed by atoms with Gasteiger partial charge in [-0.1, -0.05) is 32.4 Å². The fourth-order valence-electron chi connectivity index (χ4n) is 4.30. The molecule has 2 fully saturated rings. The van der Waals surface area contributed by atoms with Crippen molar-refractivity contribution in [2.45, 2.75) is 46.1 Å². The van der Waals surface area contributed by atoms with Crippen LogP contribution in [0.3, 0.4) is 0 Å². The van der Waals surface area contributed by atoms with Gasteiger partial charge in [0.2, 0.25) is 0 Å². The summed E-state index contributed by atoms with van der Waals surface area (Å²) in [7, 11) is 0. The molecule has 0 spiro atoms. The maximum Gasteiger partial charge on any atom is 0.0718 e. The Labute approximate surface area is 114 Å². The molecule has 0 radical (unpaired) electrons. The Bertz CT molecular complexity index is 467. The molecule has 1 aromatic rings. The van der Waals surface area contributed by atoms with E-state index in [0.29, 0.717) is 16.9 Å². The minimum atomic E-state index is 0.339. The summed E-state index contributed by atoms with van der Waals surface area (Å²) in [5, 5.41) is 4.45. The van der Waals surface area contributed by atoms with Crippen molar-refractivity contribution in [3.05, 3.63) is 23.5 Å². The van der Waals surface area contributed by atoms with Gasteiger partial charge in [-0.05, 0) is 42.1 Å². The van der Waals surface area contributed by atoms with E-state index in [9.17, 15) is 0 Å². The molecule has 1 aromatic heterocycles. The number of aromatic nitrogens is 1. The third-order valence-electron chi connectivity index (χ3n) is 5.34. The van der Waals surface area contributed by atoms with Crippen LogP contribution in [0.2, 0.25) is 5.02 Å². The third-order valence-corrected chi connectivity index (χ3v) is 5.67. The van der Waals surface area contributed by atoms with E-state index in [1.807, 2.05) is 12.3 Å². The molecule has 98 valence electrons. The lowest BCUT2D eigenvalue weighted by Gasteiger charge is -2.43. The number of fused-ring (bicyclic) bond motifs is 2. The van der Waals surface area contributed by atoms with Gasteiger partial charge in [-0.2, -0.15) is 0 Å². The molecule has 0 aromatic carbocycles. The number of rotatable bonds is 2. The minimum absolute atomic E-state index is 0.339. The molecule has 2 bridgehead atoms. The fraction of sp³-hybridized carbons (Fsp3) is 0.667. The van der Waals surface area contributed by atoms with Crippen LogP contribution in [0.15, 0.2) is 18.5 Å². The number of anilines is 1. The summed E-state index contributed by atoms with van der Waals surface area (Å²) in [6.45, 7) is 7.21. The molecule has 3 rings (SSSR count). The number of pyridine rings is 1. The Morgan fingerprint density at radius 2 is 2.17 bits per heavy atom. The Hall–Kier alpha value is -0.760. The summed E-state index contributed by atoms with van der Waals surface area (Å²) >= 11 is 6.24. The first kappa shape index (κ1) is 12.3. The first-order valence-corrected chi connectivity index (χ1v) is 7.17. The standard InChI is InChI=1S/C15H21ClN2/c1-14(2)10-4-6-15(3,8-10)13(14)18-12-9-17-7-5-11(12)16/h5,7,9-10,13,18H,4,6,8H2,1-3H3. The first-order chi connectivity index (χ1) is 8.43. The molecule has 3 unspecified atom stereocenters. The Balaban J connectivity index is 1.91. The van der Waals surface area contributed by atoms with Gasteiger partial charge in [0.1, 0.15) is 0 Å². The van der Waals surface area contributed by atoms with Gasteiger partial charge in [0, 0.05) is 12.2 Å². The molecule has 2 saturated carbocycles. The van der Waals surface area contributed by atoms with Crippen molar-refractivity contribution in [2.24, 2.45) is 16.7 Å². The molecule has 2 aliphatic rings. The van der Waals surface area contributed by atoms with Gasteiger partial charge in [0.25, 0.3) is 0 Å². The maximum absolute atomic E-state index is 6.24.